The van der Waals surface area contributed by atoms with Crippen LogP contribution in [0.4, 0.5) is 5.00 Å². The number of aromatic carboxylic acids is 1. The van der Waals surface area contributed by atoms with Gasteiger partial charge in [0.2, 0.25) is 0 Å². The van der Waals surface area contributed by atoms with E-state index >= 15 is 0 Å². The molecule has 1 amide bonds. The third-order valence-electron chi connectivity index (χ3n) is 2.44. The van der Waals surface area contributed by atoms with Crippen molar-refractivity contribution in [3.8, 4) is 5.75 Å². The van der Waals surface area contributed by atoms with Gasteiger partial charge in [0.05, 0.1) is 5.56 Å². The zero-order chi connectivity index (χ0) is 14.0. The number of carboxylic acids is 1. The molecule has 0 unspecified atom stereocenters. The van der Waals surface area contributed by atoms with Gasteiger partial charge in [-0.15, -0.1) is 11.3 Å². The highest BCUT2D eigenvalue weighted by atomic mass is 32.1. The molecule has 0 fully saturated rings. The lowest BCUT2D eigenvalue weighted by Gasteiger charge is -2.04. The lowest BCUT2D eigenvalue weighted by molar-refractivity contribution is 0.0698. The number of carboxylic acid groups (broad SMARTS) is 1. The second-order valence-electron chi connectivity index (χ2n) is 3.91. The molecule has 3 N–H and O–H groups in total. The van der Waals surface area contributed by atoms with Gasteiger partial charge in [-0.05, 0) is 37.3 Å². The van der Waals surface area contributed by atoms with Crippen molar-refractivity contribution in [3.05, 3.63) is 46.3 Å². The van der Waals surface area contributed by atoms with Crippen LogP contribution in [0, 0.1) is 6.92 Å². The van der Waals surface area contributed by atoms with Crippen LogP contribution in [0.3, 0.4) is 0 Å². The van der Waals surface area contributed by atoms with Gasteiger partial charge in [-0.1, -0.05) is 0 Å². The molecule has 6 heteroatoms. The second kappa shape index (κ2) is 5.11. The number of benzene rings is 1. The minimum Gasteiger partial charge on any atom is -0.508 e. The van der Waals surface area contributed by atoms with Gasteiger partial charge in [-0.25, -0.2) is 4.79 Å². The number of carbonyl (C=O) groups is 2. The first-order valence-corrected chi connectivity index (χ1v) is 6.23. The summed E-state index contributed by atoms with van der Waals surface area (Å²) in [5.74, 6) is -1.43. The summed E-state index contributed by atoms with van der Waals surface area (Å²) in [5, 5.41) is 21.0. The highest BCUT2D eigenvalue weighted by Crippen LogP contribution is 2.28. The SMILES string of the molecule is Cc1cc(C(=O)O)c(NC(=O)c2ccc(O)cc2)s1. The molecule has 0 aliphatic heterocycles. The Balaban J connectivity index is 2.24. The Labute approximate surface area is 113 Å². The van der Waals surface area contributed by atoms with E-state index in [-0.39, 0.29) is 11.3 Å². The summed E-state index contributed by atoms with van der Waals surface area (Å²) in [4.78, 5) is 23.8. The first kappa shape index (κ1) is 13.1. The largest absolute Gasteiger partial charge is 0.508 e. The van der Waals surface area contributed by atoms with Crippen LogP contribution < -0.4 is 5.32 Å². The van der Waals surface area contributed by atoms with Crippen LogP contribution in [0.25, 0.3) is 0 Å². The zero-order valence-electron chi connectivity index (χ0n) is 10.0. The Bertz CT molecular complexity index is 631. The Morgan fingerprint density at radius 3 is 2.42 bits per heavy atom. The van der Waals surface area contributed by atoms with Crippen LogP contribution >= 0.6 is 11.3 Å². The predicted octanol–water partition coefficient (Wildman–Crippen LogP) is 2.71. The molecule has 0 bridgehead atoms. The molecule has 0 spiro atoms. The molecule has 19 heavy (non-hydrogen) atoms. The van der Waals surface area contributed by atoms with Crippen molar-refractivity contribution in [2.45, 2.75) is 6.92 Å². The van der Waals surface area contributed by atoms with Crippen LogP contribution in [-0.2, 0) is 0 Å². The molecule has 0 saturated heterocycles. The summed E-state index contributed by atoms with van der Waals surface area (Å²) in [7, 11) is 0. The number of aryl methyl sites for hydroxylation is 1. The first-order valence-electron chi connectivity index (χ1n) is 5.41. The van der Waals surface area contributed by atoms with E-state index in [1.807, 2.05) is 0 Å². The molecule has 1 aromatic carbocycles. The molecule has 1 aromatic heterocycles. The van der Waals surface area contributed by atoms with E-state index in [2.05, 4.69) is 5.32 Å². The van der Waals surface area contributed by atoms with E-state index in [4.69, 9.17) is 10.2 Å². The number of aromatic hydroxyl groups is 1. The summed E-state index contributed by atoms with van der Waals surface area (Å²) in [6.45, 7) is 1.77. The highest BCUT2D eigenvalue weighted by Gasteiger charge is 2.16. The van der Waals surface area contributed by atoms with E-state index in [1.165, 1.54) is 41.7 Å². The number of carbonyl (C=O) groups excluding carboxylic acids is 1. The summed E-state index contributed by atoms with van der Waals surface area (Å²) < 4.78 is 0. The van der Waals surface area contributed by atoms with Crippen molar-refractivity contribution in [2.24, 2.45) is 0 Å². The van der Waals surface area contributed by atoms with E-state index in [1.54, 1.807) is 6.92 Å². The highest BCUT2D eigenvalue weighted by molar-refractivity contribution is 7.16. The van der Waals surface area contributed by atoms with Crippen LogP contribution in [0.15, 0.2) is 30.3 Å². The number of amides is 1. The second-order valence-corrected chi connectivity index (χ2v) is 5.16. The third-order valence-corrected chi connectivity index (χ3v) is 3.41. The van der Waals surface area contributed by atoms with Crippen molar-refractivity contribution in [3.63, 3.8) is 0 Å². The van der Waals surface area contributed by atoms with Gasteiger partial charge >= 0.3 is 5.97 Å². The fourth-order valence-corrected chi connectivity index (χ4v) is 2.45. The number of rotatable bonds is 3. The van der Waals surface area contributed by atoms with Crippen LogP contribution in [-0.4, -0.2) is 22.1 Å². The summed E-state index contributed by atoms with van der Waals surface area (Å²) in [6.07, 6.45) is 0. The molecule has 0 aliphatic rings. The molecule has 0 aliphatic carbocycles. The number of hydrogen-bond donors (Lipinski definition) is 3. The molecule has 5 nitrogen and oxygen atoms in total. The monoisotopic (exact) mass is 277 g/mol. The molecule has 0 saturated carbocycles. The van der Waals surface area contributed by atoms with E-state index in [0.29, 0.717) is 10.6 Å². The average molecular weight is 277 g/mol. The molecule has 1 heterocycles. The number of hydrogen-bond acceptors (Lipinski definition) is 4. The van der Waals surface area contributed by atoms with E-state index in [0.717, 1.165) is 4.88 Å². The van der Waals surface area contributed by atoms with Crippen molar-refractivity contribution < 1.29 is 19.8 Å². The third kappa shape index (κ3) is 2.92. The lowest BCUT2D eigenvalue weighted by Crippen LogP contribution is -2.12. The van der Waals surface area contributed by atoms with Gasteiger partial charge in [-0.2, -0.15) is 0 Å². The average Bonchev–Trinajstić information content (AvgIpc) is 2.71. The smallest absolute Gasteiger partial charge is 0.338 e. The molecular weight excluding hydrogens is 266 g/mol. The van der Waals surface area contributed by atoms with Gasteiger partial charge in [0.15, 0.2) is 0 Å². The number of nitrogens with one attached hydrogen (secondary N) is 1. The number of phenolic OH excluding ortho intramolecular Hbond substituents is 1. The Hall–Kier alpha value is -2.34. The van der Waals surface area contributed by atoms with Crippen LogP contribution in [0.5, 0.6) is 5.75 Å². The number of phenols is 1. The van der Waals surface area contributed by atoms with Gasteiger partial charge in [0.25, 0.3) is 5.91 Å². The maximum Gasteiger partial charge on any atom is 0.338 e. The Morgan fingerprint density at radius 2 is 1.84 bits per heavy atom. The molecular formula is C13H11NO4S. The van der Waals surface area contributed by atoms with Crippen molar-refractivity contribution in [1.82, 2.24) is 0 Å². The number of anilines is 1. The zero-order valence-corrected chi connectivity index (χ0v) is 10.8. The Morgan fingerprint density at radius 1 is 1.21 bits per heavy atom. The standard InChI is InChI=1S/C13H11NO4S/c1-7-6-10(13(17)18)12(19-7)14-11(16)8-2-4-9(15)5-3-8/h2-6,15H,1H3,(H,14,16)(H,17,18). The topological polar surface area (TPSA) is 86.6 Å². The molecule has 98 valence electrons. The van der Waals surface area contributed by atoms with Gasteiger partial charge in [-0.3, -0.25) is 4.79 Å². The van der Waals surface area contributed by atoms with E-state index in [9.17, 15) is 9.59 Å². The fraction of sp³-hybridized carbons (Fsp3) is 0.0769. The lowest BCUT2D eigenvalue weighted by atomic mass is 10.2. The summed E-state index contributed by atoms with van der Waals surface area (Å²) in [6, 6.07) is 7.23. The quantitative estimate of drug-likeness (QED) is 0.805. The first-order chi connectivity index (χ1) is 8.97. The summed E-state index contributed by atoms with van der Waals surface area (Å²) >= 11 is 1.21. The normalized spacial score (nSPS) is 10.2. The predicted molar refractivity (Wildman–Crippen MR) is 72.1 cm³/mol. The minimum absolute atomic E-state index is 0.0646. The van der Waals surface area contributed by atoms with Crippen molar-refractivity contribution in [1.29, 1.82) is 0 Å². The minimum atomic E-state index is -1.08. The van der Waals surface area contributed by atoms with Crippen molar-refractivity contribution >= 4 is 28.2 Å². The van der Waals surface area contributed by atoms with Crippen molar-refractivity contribution in [2.75, 3.05) is 5.32 Å². The van der Waals surface area contributed by atoms with Gasteiger partial charge in [0.1, 0.15) is 10.8 Å². The van der Waals surface area contributed by atoms with E-state index < -0.39 is 11.9 Å². The molecule has 2 rings (SSSR count). The maximum absolute atomic E-state index is 11.9. The maximum atomic E-state index is 11.9. The molecule has 2 aromatic rings. The van der Waals surface area contributed by atoms with Gasteiger partial charge in [0, 0.05) is 10.4 Å². The fourth-order valence-electron chi connectivity index (χ4n) is 1.55. The van der Waals surface area contributed by atoms with Gasteiger partial charge < -0.3 is 15.5 Å². The summed E-state index contributed by atoms with van der Waals surface area (Å²) in [5.41, 5.74) is 0.426. The Kier molecular flexibility index (Phi) is 3.52. The number of thiophene rings is 1. The molecule has 0 radical (unpaired) electrons. The molecule has 0 atom stereocenters. The van der Waals surface area contributed by atoms with Crippen LogP contribution in [0.1, 0.15) is 25.6 Å². The van der Waals surface area contributed by atoms with Crippen LogP contribution in [0.2, 0.25) is 0 Å².